The first-order chi connectivity index (χ1) is 16.3. The van der Waals surface area contributed by atoms with E-state index in [1.807, 2.05) is 41.9 Å². The minimum absolute atomic E-state index is 0.00199. The Morgan fingerprint density at radius 3 is 2.38 bits per heavy atom. The molecule has 2 atom stereocenters. The number of carbonyl (C=O) groups excluding carboxylic acids is 3. The number of piperazine rings is 1. The van der Waals surface area contributed by atoms with Gasteiger partial charge in [0.2, 0.25) is 5.91 Å². The molecule has 4 amide bonds. The summed E-state index contributed by atoms with van der Waals surface area (Å²) in [5.74, 6) is -0.127. The summed E-state index contributed by atoms with van der Waals surface area (Å²) < 4.78 is 0. The summed E-state index contributed by atoms with van der Waals surface area (Å²) in [7, 11) is 1.95. The number of rotatable bonds is 6. The molecule has 0 unspecified atom stereocenters. The second-order valence-corrected chi connectivity index (χ2v) is 9.48. The topological polar surface area (TPSA) is 91.5 Å². The number of hydrogen-bond donors (Lipinski definition) is 2. The third-order valence-corrected chi connectivity index (χ3v) is 6.86. The number of nitrogens with one attached hydrogen (secondary N) is 2. The van der Waals surface area contributed by atoms with Crippen LogP contribution in [-0.2, 0) is 9.59 Å². The normalized spacial score (nSPS) is 20.2. The maximum Gasteiger partial charge on any atom is 0.319 e. The minimum Gasteiger partial charge on any atom is -0.361 e. The van der Waals surface area contributed by atoms with Crippen molar-refractivity contribution in [2.75, 3.05) is 51.9 Å². The maximum atomic E-state index is 13.4. The van der Waals surface area contributed by atoms with Gasteiger partial charge in [-0.15, -0.1) is 0 Å². The van der Waals surface area contributed by atoms with Crippen LogP contribution >= 0.6 is 11.6 Å². The number of hydrogen-bond acceptors (Lipinski definition) is 6. The van der Waals surface area contributed by atoms with Gasteiger partial charge in [0.15, 0.2) is 0 Å². The summed E-state index contributed by atoms with van der Waals surface area (Å²) in [6.07, 6.45) is 2.62. The van der Waals surface area contributed by atoms with E-state index in [0.717, 1.165) is 6.42 Å². The Morgan fingerprint density at radius 2 is 1.76 bits per heavy atom. The van der Waals surface area contributed by atoms with Crippen molar-refractivity contribution in [2.24, 2.45) is 5.92 Å². The lowest BCUT2D eigenvalue weighted by Crippen LogP contribution is -2.60. The summed E-state index contributed by atoms with van der Waals surface area (Å²) in [4.78, 5) is 44.6. The number of benzene rings is 1. The standard InChI is InChI=1S/C23H32ClN7O3/c1-4-16(2)20(26-23(34)25-18-7-5-17(24)6-8-18)22(33)28-9-11-30(12-10-28)31-15-29-14-27(3)13-19(29)21(31)32/h5-8,13,16,20H,4,9-12,14-15H2,1-3H3,(H2,25,26,34)/t16-,20+/m0/s1. The molecule has 2 fully saturated rings. The molecule has 184 valence electrons. The van der Waals surface area contributed by atoms with Gasteiger partial charge in [-0.05, 0) is 30.2 Å². The molecule has 11 heteroatoms. The highest BCUT2D eigenvalue weighted by Gasteiger charge is 2.41. The van der Waals surface area contributed by atoms with E-state index in [1.54, 1.807) is 34.2 Å². The molecule has 1 aromatic carbocycles. The fourth-order valence-electron chi connectivity index (χ4n) is 4.44. The monoisotopic (exact) mass is 489 g/mol. The molecule has 0 spiro atoms. The molecule has 0 aliphatic carbocycles. The van der Waals surface area contributed by atoms with Gasteiger partial charge in [0.1, 0.15) is 18.4 Å². The van der Waals surface area contributed by atoms with Crippen molar-refractivity contribution in [1.29, 1.82) is 0 Å². The fourth-order valence-corrected chi connectivity index (χ4v) is 4.57. The number of fused-ring (bicyclic) bond motifs is 1. The molecule has 3 aliphatic heterocycles. The molecule has 3 heterocycles. The zero-order valence-electron chi connectivity index (χ0n) is 19.8. The van der Waals surface area contributed by atoms with Gasteiger partial charge in [-0.2, -0.15) is 0 Å². The number of amides is 4. The van der Waals surface area contributed by atoms with Crippen molar-refractivity contribution in [3.63, 3.8) is 0 Å². The Balaban J connectivity index is 1.34. The maximum absolute atomic E-state index is 13.4. The van der Waals surface area contributed by atoms with Crippen LogP contribution in [0.4, 0.5) is 10.5 Å². The third-order valence-electron chi connectivity index (χ3n) is 6.61. The zero-order chi connectivity index (χ0) is 24.4. The Bertz CT molecular complexity index is 962. The zero-order valence-corrected chi connectivity index (χ0v) is 20.6. The van der Waals surface area contributed by atoms with Crippen molar-refractivity contribution < 1.29 is 14.4 Å². The van der Waals surface area contributed by atoms with Crippen LogP contribution in [0.2, 0.25) is 5.02 Å². The van der Waals surface area contributed by atoms with Gasteiger partial charge < -0.3 is 25.3 Å². The van der Waals surface area contributed by atoms with Crippen molar-refractivity contribution >= 4 is 35.1 Å². The predicted octanol–water partition coefficient (Wildman–Crippen LogP) is 1.78. The number of halogens is 1. The quantitative estimate of drug-likeness (QED) is 0.633. The minimum atomic E-state index is -0.636. The van der Waals surface area contributed by atoms with Crippen LogP contribution in [-0.4, -0.2) is 95.2 Å². The van der Waals surface area contributed by atoms with E-state index in [9.17, 15) is 14.4 Å². The van der Waals surface area contributed by atoms with Gasteiger partial charge in [0.25, 0.3) is 5.91 Å². The van der Waals surface area contributed by atoms with Gasteiger partial charge >= 0.3 is 6.03 Å². The van der Waals surface area contributed by atoms with Crippen molar-refractivity contribution in [2.45, 2.75) is 26.3 Å². The molecule has 2 N–H and O–H groups in total. The summed E-state index contributed by atoms with van der Waals surface area (Å²) in [6.45, 7) is 7.32. The lowest BCUT2D eigenvalue weighted by molar-refractivity contribution is -0.149. The molecule has 4 rings (SSSR count). The highest BCUT2D eigenvalue weighted by atomic mass is 35.5. The lowest BCUT2D eigenvalue weighted by atomic mass is 9.97. The number of anilines is 1. The number of hydrazine groups is 1. The van der Waals surface area contributed by atoms with Crippen LogP contribution in [0.5, 0.6) is 0 Å². The Labute approximate surface area is 205 Å². The van der Waals surface area contributed by atoms with E-state index in [4.69, 9.17) is 11.6 Å². The van der Waals surface area contributed by atoms with Crippen LogP contribution in [0.3, 0.4) is 0 Å². The van der Waals surface area contributed by atoms with Crippen LogP contribution in [0, 0.1) is 5.92 Å². The first-order valence-electron chi connectivity index (χ1n) is 11.6. The SMILES string of the molecule is CC[C@H](C)[C@@H](NC(=O)Nc1ccc(Cl)cc1)C(=O)N1CCN(N2CN3CN(C)C=C3C2=O)CC1. The van der Waals surface area contributed by atoms with Crippen LogP contribution in [0.25, 0.3) is 0 Å². The molecule has 3 aliphatic rings. The Morgan fingerprint density at radius 1 is 1.09 bits per heavy atom. The van der Waals surface area contributed by atoms with E-state index in [-0.39, 0.29) is 17.7 Å². The second kappa shape index (κ2) is 10.1. The summed E-state index contributed by atoms with van der Waals surface area (Å²) in [5, 5.41) is 9.99. The summed E-state index contributed by atoms with van der Waals surface area (Å²) in [6, 6.07) is 5.74. The summed E-state index contributed by atoms with van der Waals surface area (Å²) in [5.41, 5.74) is 1.32. The van der Waals surface area contributed by atoms with Crippen LogP contribution in [0.1, 0.15) is 20.3 Å². The summed E-state index contributed by atoms with van der Waals surface area (Å²) >= 11 is 5.90. The highest BCUT2D eigenvalue weighted by Crippen LogP contribution is 2.26. The van der Waals surface area contributed by atoms with Gasteiger partial charge in [-0.3, -0.25) is 9.59 Å². The van der Waals surface area contributed by atoms with E-state index in [2.05, 4.69) is 10.6 Å². The molecular formula is C23H32ClN7O3. The van der Waals surface area contributed by atoms with Crippen LogP contribution in [0.15, 0.2) is 36.2 Å². The number of carbonyl (C=O) groups is 3. The molecule has 1 aromatic rings. The van der Waals surface area contributed by atoms with E-state index >= 15 is 0 Å². The molecule has 34 heavy (non-hydrogen) atoms. The molecule has 2 saturated heterocycles. The molecule has 0 aromatic heterocycles. The Kier molecular flexibility index (Phi) is 7.18. The average Bonchev–Trinajstić information content (AvgIpc) is 3.34. The van der Waals surface area contributed by atoms with E-state index in [1.165, 1.54) is 0 Å². The van der Waals surface area contributed by atoms with Crippen molar-refractivity contribution in [1.82, 2.24) is 30.0 Å². The first kappa shape index (κ1) is 24.2. The van der Waals surface area contributed by atoms with Gasteiger partial charge in [-0.1, -0.05) is 31.9 Å². The fraction of sp³-hybridized carbons (Fsp3) is 0.522. The third kappa shape index (κ3) is 5.07. The van der Waals surface area contributed by atoms with E-state index in [0.29, 0.717) is 55.9 Å². The van der Waals surface area contributed by atoms with Gasteiger partial charge in [0, 0.05) is 50.1 Å². The number of urea groups is 1. The largest absolute Gasteiger partial charge is 0.361 e. The smallest absolute Gasteiger partial charge is 0.319 e. The van der Waals surface area contributed by atoms with E-state index < -0.39 is 12.1 Å². The molecule has 0 radical (unpaired) electrons. The molecule has 0 bridgehead atoms. The second-order valence-electron chi connectivity index (χ2n) is 9.05. The molecular weight excluding hydrogens is 458 g/mol. The number of nitrogens with zero attached hydrogens (tertiary/aromatic N) is 5. The highest BCUT2D eigenvalue weighted by molar-refractivity contribution is 6.30. The van der Waals surface area contributed by atoms with Crippen molar-refractivity contribution in [3.8, 4) is 0 Å². The average molecular weight is 490 g/mol. The molecule has 10 nitrogen and oxygen atoms in total. The first-order valence-corrected chi connectivity index (χ1v) is 12.0. The van der Waals surface area contributed by atoms with Crippen molar-refractivity contribution in [3.05, 3.63) is 41.2 Å². The molecule has 0 saturated carbocycles. The van der Waals surface area contributed by atoms with Crippen LogP contribution < -0.4 is 10.6 Å². The lowest BCUT2D eigenvalue weighted by Gasteiger charge is -2.40. The predicted molar refractivity (Wildman–Crippen MR) is 129 cm³/mol. The van der Waals surface area contributed by atoms with Gasteiger partial charge in [0.05, 0.1) is 6.67 Å². The Hall–Kier alpha value is -2.98. The van der Waals surface area contributed by atoms with Gasteiger partial charge in [-0.25, -0.2) is 14.8 Å².